The van der Waals surface area contributed by atoms with Crippen LogP contribution in [0.3, 0.4) is 0 Å². The largest absolute Gasteiger partial charge is 0.323 e. The maximum Gasteiger partial charge on any atom is 0.159 e. The van der Waals surface area contributed by atoms with E-state index in [9.17, 15) is 0 Å². The lowest BCUT2D eigenvalue weighted by Crippen LogP contribution is -1.99. The van der Waals surface area contributed by atoms with Gasteiger partial charge < -0.3 is 4.57 Å². The predicted octanol–water partition coefficient (Wildman–Crippen LogP) is 4.58. The predicted molar refractivity (Wildman–Crippen MR) is 90.9 cm³/mol. The number of imidazole rings is 1. The molecule has 0 aliphatic heterocycles. The summed E-state index contributed by atoms with van der Waals surface area (Å²) in [5.41, 5.74) is 4.16. The van der Waals surface area contributed by atoms with Crippen LogP contribution in [-0.4, -0.2) is 14.5 Å². The van der Waals surface area contributed by atoms with Crippen LogP contribution in [0.15, 0.2) is 54.6 Å². The first-order valence-electron chi connectivity index (χ1n) is 7.60. The number of nitrogens with zero attached hydrogens (tertiary/aromatic N) is 3. The van der Waals surface area contributed by atoms with E-state index in [2.05, 4.69) is 52.9 Å². The van der Waals surface area contributed by atoms with Gasteiger partial charge in [-0.15, -0.1) is 0 Å². The van der Waals surface area contributed by atoms with Crippen molar-refractivity contribution in [2.45, 2.75) is 20.4 Å². The maximum absolute atomic E-state index is 4.92. The van der Waals surface area contributed by atoms with E-state index in [0.717, 1.165) is 29.3 Å². The lowest BCUT2D eigenvalue weighted by Gasteiger charge is -2.06. The lowest BCUT2D eigenvalue weighted by molar-refractivity contribution is 0.793. The molecule has 0 amide bonds. The van der Waals surface area contributed by atoms with Gasteiger partial charge in [0.25, 0.3) is 0 Å². The molecule has 2 aromatic carbocycles. The van der Waals surface area contributed by atoms with Crippen LogP contribution in [-0.2, 0) is 6.54 Å². The lowest BCUT2D eigenvalue weighted by atomic mass is 10.1. The number of aromatic nitrogens is 3. The number of benzene rings is 2. The van der Waals surface area contributed by atoms with E-state index in [1.54, 1.807) is 0 Å². The Balaban J connectivity index is 2.09. The molecule has 2 aromatic heterocycles. The highest BCUT2D eigenvalue weighted by Crippen LogP contribution is 2.29. The third-order valence-electron chi connectivity index (χ3n) is 4.08. The molecule has 3 nitrogen and oxygen atoms in total. The number of hydrogen-bond donors (Lipinski definition) is 0. The Kier molecular flexibility index (Phi) is 2.93. The van der Waals surface area contributed by atoms with Gasteiger partial charge in [0.1, 0.15) is 5.69 Å². The van der Waals surface area contributed by atoms with Gasteiger partial charge in [-0.2, -0.15) is 0 Å². The summed E-state index contributed by atoms with van der Waals surface area (Å²) in [5.74, 6) is 0.942. The summed E-state index contributed by atoms with van der Waals surface area (Å²) < 4.78 is 2.24. The third kappa shape index (κ3) is 1.90. The standard InChI is InChI=1S/C19H17N3/c1-3-22-17-12-11-14-8-4-5-9-15(14)18(17)21-19(22)16-10-6-7-13(2)20-16/h4-12H,3H2,1-2H3. The van der Waals surface area contributed by atoms with Crippen molar-refractivity contribution < 1.29 is 0 Å². The highest BCUT2D eigenvalue weighted by Gasteiger charge is 2.14. The first-order chi connectivity index (χ1) is 10.8. The molecule has 0 atom stereocenters. The van der Waals surface area contributed by atoms with Gasteiger partial charge in [0.05, 0.1) is 11.0 Å². The summed E-state index contributed by atoms with van der Waals surface area (Å²) in [6.45, 7) is 5.03. The van der Waals surface area contributed by atoms with Crippen molar-refractivity contribution >= 4 is 21.8 Å². The van der Waals surface area contributed by atoms with Gasteiger partial charge in [-0.25, -0.2) is 9.97 Å². The first-order valence-corrected chi connectivity index (χ1v) is 7.60. The summed E-state index contributed by atoms with van der Waals surface area (Å²) in [7, 11) is 0. The molecule has 22 heavy (non-hydrogen) atoms. The number of hydrogen-bond acceptors (Lipinski definition) is 2. The quantitative estimate of drug-likeness (QED) is 0.540. The zero-order valence-electron chi connectivity index (χ0n) is 12.7. The molecule has 4 rings (SSSR count). The molecule has 4 aromatic rings. The van der Waals surface area contributed by atoms with Gasteiger partial charge in [0.15, 0.2) is 5.82 Å². The van der Waals surface area contributed by atoms with Crippen LogP contribution in [0.2, 0.25) is 0 Å². The second-order valence-corrected chi connectivity index (χ2v) is 5.50. The van der Waals surface area contributed by atoms with E-state index >= 15 is 0 Å². The van der Waals surface area contributed by atoms with E-state index in [-0.39, 0.29) is 0 Å². The number of fused-ring (bicyclic) bond motifs is 3. The highest BCUT2D eigenvalue weighted by molar-refractivity contribution is 6.05. The minimum Gasteiger partial charge on any atom is -0.323 e. The van der Waals surface area contributed by atoms with Crippen LogP contribution in [0.25, 0.3) is 33.3 Å². The molecule has 0 fully saturated rings. The summed E-state index contributed by atoms with van der Waals surface area (Å²) in [6.07, 6.45) is 0. The van der Waals surface area contributed by atoms with Crippen LogP contribution < -0.4 is 0 Å². The van der Waals surface area contributed by atoms with Crippen LogP contribution >= 0.6 is 0 Å². The van der Waals surface area contributed by atoms with Crippen molar-refractivity contribution in [2.24, 2.45) is 0 Å². The molecule has 108 valence electrons. The molecule has 0 N–H and O–H groups in total. The second kappa shape index (κ2) is 4.95. The van der Waals surface area contributed by atoms with E-state index in [4.69, 9.17) is 4.98 Å². The van der Waals surface area contributed by atoms with Crippen molar-refractivity contribution in [3.8, 4) is 11.5 Å². The van der Waals surface area contributed by atoms with Crippen molar-refractivity contribution in [3.63, 3.8) is 0 Å². The molecule has 0 aliphatic rings. The van der Waals surface area contributed by atoms with Crippen molar-refractivity contribution in [3.05, 3.63) is 60.3 Å². The Morgan fingerprint density at radius 2 is 1.77 bits per heavy atom. The van der Waals surface area contributed by atoms with Gasteiger partial charge >= 0.3 is 0 Å². The summed E-state index contributed by atoms with van der Waals surface area (Å²) in [6, 6.07) is 18.8. The smallest absolute Gasteiger partial charge is 0.159 e. The van der Waals surface area contributed by atoms with Crippen molar-refractivity contribution in [1.82, 2.24) is 14.5 Å². The molecule has 0 radical (unpaired) electrons. The average molecular weight is 287 g/mol. The van der Waals surface area contributed by atoms with Crippen molar-refractivity contribution in [2.75, 3.05) is 0 Å². The zero-order chi connectivity index (χ0) is 15.1. The normalized spacial score (nSPS) is 11.4. The first kappa shape index (κ1) is 13.0. The second-order valence-electron chi connectivity index (χ2n) is 5.50. The van der Waals surface area contributed by atoms with Crippen LogP contribution in [0.4, 0.5) is 0 Å². The molecular formula is C19H17N3. The fraction of sp³-hybridized carbons (Fsp3) is 0.158. The molecule has 0 saturated heterocycles. The Morgan fingerprint density at radius 3 is 2.59 bits per heavy atom. The van der Waals surface area contributed by atoms with E-state index < -0.39 is 0 Å². The molecule has 0 bridgehead atoms. The molecule has 0 spiro atoms. The minimum absolute atomic E-state index is 0.875. The number of aryl methyl sites for hydroxylation is 2. The molecule has 3 heteroatoms. The third-order valence-corrected chi connectivity index (χ3v) is 4.08. The number of pyridine rings is 1. The molecule has 0 aliphatic carbocycles. The Hall–Kier alpha value is -2.68. The highest BCUT2D eigenvalue weighted by atomic mass is 15.1. The van der Waals surface area contributed by atoms with E-state index in [0.29, 0.717) is 0 Å². The fourth-order valence-electron chi connectivity index (χ4n) is 3.04. The topological polar surface area (TPSA) is 30.7 Å². The van der Waals surface area contributed by atoms with Crippen LogP contribution in [0, 0.1) is 6.92 Å². The van der Waals surface area contributed by atoms with E-state index in [1.807, 2.05) is 25.1 Å². The van der Waals surface area contributed by atoms with Crippen molar-refractivity contribution in [1.29, 1.82) is 0 Å². The Morgan fingerprint density at radius 1 is 0.909 bits per heavy atom. The molecule has 0 saturated carbocycles. The van der Waals surface area contributed by atoms with Gasteiger partial charge in [0, 0.05) is 17.6 Å². The Bertz CT molecular complexity index is 982. The SMILES string of the molecule is CCn1c(-c2cccc(C)n2)nc2c3ccccc3ccc21. The number of rotatable bonds is 2. The zero-order valence-corrected chi connectivity index (χ0v) is 12.7. The molecule has 2 heterocycles. The van der Waals surface area contributed by atoms with Gasteiger partial charge in [-0.05, 0) is 37.4 Å². The molecule has 0 unspecified atom stereocenters. The van der Waals surface area contributed by atoms with Gasteiger partial charge in [-0.1, -0.05) is 36.4 Å². The summed E-state index contributed by atoms with van der Waals surface area (Å²) >= 11 is 0. The molecular weight excluding hydrogens is 270 g/mol. The average Bonchev–Trinajstić information content (AvgIpc) is 2.94. The van der Waals surface area contributed by atoms with Gasteiger partial charge in [-0.3, -0.25) is 0 Å². The summed E-state index contributed by atoms with van der Waals surface area (Å²) in [5, 5.41) is 2.42. The monoisotopic (exact) mass is 287 g/mol. The van der Waals surface area contributed by atoms with E-state index in [1.165, 1.54) is 16.3 Å². The maximum atomic E-state index is 4.92. The summed E-state index contributed by atoms with van der Waals surface area (Å²) in [4.78, 5) is 9.57. The fourth-order valence-corrected chi connectivity index (χ4v) is 3.04. The van der Waals surface area contributed by atoms with Crippen LogP contribution in [0.5, 0.6) is 0 Å². The Labute approximate surface area is 129 Å². The minimum atomic E-state index is 0.875. The van der Waals surface area contributed by atoms with Crippen LogP contribution in [0.1, 0.15) is 12.6 Å². The van der Waals surface area contributed by atoms with Gasteiger partial charge in [0.2, 0.25) is 0 Å².